The summed E-state index contributed by atoms with van der Waals surface area (Å²) in [4.78, 5) is 3.75. The molecule has 2 heterocycles. The molecule has 10 nitrogen and oxygen atoms in total. The van der Waals surface area contributed by atoms with Crippen LogP contribution in [0.3, 0.4) is 0 Å². The molecule has 1 saturated heterocycles. The van der Waals surface area contributed by atoms with Gasteiger partial charge in [0, 0.05) is 46.1 Å². The van der Waals surface area contributed by atoms with Crippen LogP contribution in [0.4, 0.5) is 5.69 Å². The highest BCUT2D eigenvalue weighted by Crippen LogP contribution is 2.29. The van der Waals surface area contributed by atoms with Gasteiger partial charge in [-0.3, -0.25) is 15.1 Å². The van der Waals surface area contributed by atoms with Crippen LogP contribution in [0.5, 0.6) is 5.75 Å². The summed E-state index contributed by atoms with van der Waals surface area (Å²) in [5.74, 6) is 0.706. The van der Waals surface area contributed by atoms with Crippen molar-refractivity contribution in [2.45, 2.75) is 36.8 Å². The van der Waals surface area contributed by atoms with Crippen molar-refractivity contribution < 1.29 is 13.2 Å². The third-order valence-electron chi connectivity index (χ3n) is 6.47. The van der Waals surface area contributed by atoms with Crippen LogP contribution in [0.1, 0.15) is 24.0 Å². The first-order valence-corrected chi connectivity index (χ1v) is 12.6. The van der Waals surface area contributed by atoms with E-state index in [-0.39, 0.29) is 47.7 Å². The SMILES string of the molecule is CN(c1ccc2c(c1)CN(C(=N)N)CC2)S(=O)(=O)c1ccc(OC2CCN(C(=N)N)CC2)cc1.Cl.Cl. The number of anilines is 1. The highest BCUT2D eigenvalue weighted by molar-refractivity contribution is 7.92. The number of hydrogen-bond acceptors (Lipinski definition) is 5. The Kier molecular flexibility index (Phi) is 9.70. The smallest absolute Gasteiger partial charge is 0.264 e. The Bertz CT molecular complexity index is 1190. The van der Waals surface area contributed by atoms with Gasteiger partial charge in [-0.05, 0) is 53.9 Å². The molecule has 0 aliphatic carbocycles. The molecule has 2 aromatic carbocycles. The van der Waals surface area contributed by atoms with Crippen molar-refractivity contribution in [1.82, 2.24) is 9.80 Å². The van der Waals surface area contributed by atoms with Gasteiger partial charge < -0.3 is 26.0 Å². The number of nitrogens with one attached hydrogen (secondary N) is 2. The molecule has 0 spiro atoms. The van der Waals surface area contributed by atoms with Crippen molar-refractivity contribution in [3.63, 3.8) is 0 Å². The Hall–Kier alpha value is -2.89. The molecule has 0 aromatic heterocycles. The fourth-order valence-electron chi connectivity index (χ4n) is 4.34. The molecule has 0 radical (unpaired) electrons. The molecule has 0 unspecified atom stereocenters. The zero-order chi connectivity index (χ0) is 24.5. The van der Waals surface area contributed by atoms with Crippen LogP contribution >= 0.6 is 24.8 Å². The largest absolute Gasteiger partial charge is 0.490 e. The second kappa shape index (κ2) is 11.9. The van der Waals surface area contributed by atoms with E-state index in [0.29, 0.717) is 37.6 Å². The third kappa shape index (κ3) is 6.26. The molecule has 6 N–H and O–H groups in total. The number of benzene rings is 2. The van der Waals surface area contributed by atoms with E-state index >= 15 is 0 Å². The average molecular weight is 559 g/mol. The number of nitrogens with zero attached hydrogens (tertiary/aromatic N) is 3. The zero-order valence-electron chi connectivity index (χ0n) is 20.0. The summed E-state index contributed by atoms with van der Waals surface area (Å²) < 4.78 is 33.8. The minimum absolute atomic E-state index is 0. The highest BCUT2D eigenvalue weighted by atomic mass is 35.5. The molecule has 36 heavy (non-hydrogen) atoms. The molecule has 2 aliphatic rings. The molecular weight excluding hydrogens is 525 g/mol. The molecular formula is C23H33Cl2N7O3S. The Balaban J connectivity index is 0.00000228. The predicted octanol–water partition coefficient (Wildman–Crippen LogP) is 2.34. The zero-order valence-corrected chi connectivity index (χ0v) is 22.5. The lowest BCUT2D eigenvalue weighted by Crippen LogP contribution is -2.44. The van der Waals surface area contributed by atoms with E-state index in [2.05, 4.69) is 0 Å². The lowest BCUT2D eigenvalue weighted by molar-refractivity contribution is 0.130. The Labute approximate surface area is 224 Å². The van der Waals surface area contributed by atoms with Gasteiger partial charge >= 0.3 is 0 Å². The van der Waals surface area contributed by atoms with Crippen LogP contribution in [0, 0.1) is 10.8 Å². The normalized spacial score (nSPS) is 15.7. The second-order valence-electron chi connectivity index (χ2n) is 8.64. The summed E-state index contributed by atoms with van der Waals surface area (Å²) in [6.07, 6.45) is 2.27. The lowest BCUT2D eigenvalue weighted by Gasteiger charge is -2.32. The third-order valence-corrected chi connectivity index (χ3v) is 8.27. The van der Waals surface area contributed by atoms with Gasteiger partial charge in [0.1, 0.15) is 11.9 Å². The molecule has 0 saturated carbocycles. The predicted molar refractivity (Wildman–Crippen MR) is 146 cm³/mol. The Morgan fingerprint density at radius 2 is 1.56 bits per heavy atom. The van der Waals surface area contributed by atoms with Crippen molar-refractivity contribution in [3.05, 3.63) is 53.6 Å². The minimum atomic E-state index is -3.76. The van der Waals surface area contributed by atoms with E-state index < -0.39 is 10.0 Å². The van der Waals surface area contributed by atoms with E-state index in [1.165, 1.54) is 11.4 Å². The monoisotopic (exact) mass is 557 g/mol. The van der Waals surface area contributed by atoms with Crippen molar-refractivity contribution >= 4 is 52.4 Å². The minimum Gasteiger partial charge on any atom is -0.490 e. The van der Waals surface area contributed by atoms with Crippen molar-refractivity contribution in [1.29, 1.82) is 10.8 Å². The van der Waals surface area contributed by atoms with Gasteiger partial charge in [0.25, 0.3) is 10.0 Å². The van der Waals surface area contributed by atoms with Crippen LogP contribution < -0.4 is 20.5 Å². The van der Waals surface area contributed by atoms with Gasteiger partial charge in [0.05, 0.1) is 10.6 Å². The molecule has 1 fully saturated rings. The lowest BCUT2D eigenvalue weighted by atomic mass is 9.99. The number of piperidine rings is 1. The highest BCUT2D eigenvalue weighted by Gasteiger charge is 2.25. The summed E-state index contributed by atoms with van der Waals surface area (Å²) in [5.41, 5.74) is 13.8. The van der Waals surface area contributed by atoms with Crippen LogP contribution in [-0.2, 0) is 23.0 Å². The van der Waals surface area contributed by atoms with Crippen molar-refractivity contribution in [2.75, 3.05) is 31.0 Å². The number of sulfonamides is 1. The first-order chi connectivity index (χ1) is 16.1. The maximum atomic E-state index is 13.3. The van der Waals surface area contributed by atoms with Gasteiger partial charge in [0.15, 0.2) is 11.9 Å². The van der Waals surface area contributed by atoms with Crippen LogP contribution in [0.15, 0.2) is 47.4 Å². The standard InChI is InChI=1S/C23H31N7O3S.2ClH/c1-28(18-3-2-16-8-11-30(23(26)27)15-17(16)14-18)34(31,32)21-6-4-19(5-7-21)33-20-9-12-29(13-10-20)22(24)25;;/h2-7,14,20H,8-13,15H2,1H3,(H3,24,25)(H3,26,27);2*1H. The number of guanidine groups is 2. The van der Waals surface area contributed by atoms with E-state index in [1.807, 2.05) is 23.1 Å². The fraction of sp³-hybridized carbons (Fsp3) is 0.391. The second-order valence-corrected chi connectivity index (χ2v) is 10.6. The Morgan fingerprint density at radius 1 is 0.944 bits per heavy atom. The van der Waals surface area contributed by atoms with E-state index in [9.17, 15) is 8.42 Å². The van der Waals surface area contributed by atoms with Crippen LogP contribution in [-0.4, -0.2) is 62.9 Å². The summed E-state index contributed by atoms with van der Waals surface area (Å²) in [6.45, 7) is 2.51. The molecule has 4 rings (SSSR count). The Morgan fingerprint density at radius 3 is 2.14 bits per heavy atom. The summed E-state index contributed by atoms with van der Waals surface area (Å²) in [6, 6.07) is 12.1. The average Bonchev–Trinajstić information content (AvgIpc) is 2.83. The number of ether oxygens (including phenoxy) is 1. The first kappa shape index (κ1) is 29.3. The molecule has 2 aromatic rings. The number of nitrogens with two attached hydrogens (primary N) is 2. The maximum Gasteiger partial charge on any atom is 0.264 e. The van der Waals surface area contributed by atoms with Gasteiger partial charge in [-0.25, -0.2) is 8.42 Å². The fourth-order valence-corrected chi connectivity index (χ4v) is 5.53. The van der Waals surface area contributed by atoms with E-state index in [4.69, 9.17) is 27.0 Å². The van der Waals surface area contributed by atoms with Gasteiger partial charge in [-0.2, -0.15) is 0 Å². The quantitative estimate of drug-likeness (QED) is 0.325. The number of halogens is 2. The number of fused-ring (bicyclic) bond motifs is 1. The van der Waals surface area contributed by atoms with Crippen molar-refractivity contribution in [2.24, 2.45) is 11.5 Å². The summed E-state index contributed by atoms with van der Waals surface area (Å²) >= 11 is 0. The van der Waals surface area contributed by atoms with E-state index in [1.54, 1.807) is 29.2 Å². The van der Waals surface area contributed by atoms with Gasteiger partial charge in [-0.15, -0.1) is 24.8 Å². The molecule has 0 amide bonds. The number of likely N-dealkylation sites (tertiary alicyclic amines) is 1. The molecule has 198 valence electrons. The molecule has 0 bridgehead atoms. The molecule has 0 atom stereocenters. The van der Waals surface area contributed by atoms with Gasteiger partial charge in [0.2, 0.25) is 0 Å². The van der Waals surface area contributed by atoms with E-state index in [0.717, 1.165) is 30.4 Å². The van der Waals surface area contributed by atoms with Crippen molar-refractivity contribution in [3.8, 4) is 5.75 Å². The topological polar surface area (TPSA) is 153 Å². The number of hydrogen-bond donors (Lipinski definition) is 4. The van der Waals surface area contributed by atoms with Crippen LogP contribution in [0.25, 0.3) is 0 Å². The number of rotatable bonds is 5. The molecule has 13 heteroatoms. The first-order valence-electron chi connectivity index (χ1n) is 11.2. The summed E-state index contributed by atoms with van der Waals surface area (Å²) in [5, 5.41) is 15.2. The maximum absolute atomic E-state index is 13.3. The van der Waals surface area contributed by atoms with Gasteiger partial charge in [-0.1, -0.05) is 6.07 Å². The van der Waals surface area contributed by atoms with Crippen LogP contribution in [0.2, 0.25) is 0 Å². The summed E-state index contributed by atoms with van der Waals surface area (Å²) in [7, 11) is -2.22. The molecule has 2 aliphatic heterocycles.